The monoisotopic (exact) mass is 511 g/mol. The quantitative estimate of drug-likeness (QED) is 0.298. The van der Waals surface area contributed by atoms with Crippen LogP contribution in [-0.4, -0.2) is 47.7 Å². The van der Waals surface area contributed by atoms with Crippen LogP contribution in [0.4, 0.5) is 11.6 Å². The zero-order valence-electron chi connectivity index (χ0n) is 18.8. The first-order valence-electron chi connectivity index (χ1n) is 11.1. The van der Waals surface area contributed by atoms with Crippen LogP contribution >= 0.6 is 12.4 Å². The Balaban J connectivity index is 0.00000289. The van der Waals surface area contributed by atoms with Crippen molar-refractivity contribution >= 4 is 57.1 Å². The van der Waals surface area contributed by atoms with Gasteiger partial charge in [0.25, 0.3) is 0 Å². The van der Waals surface area contributed by atoms with E-state index in [1.54, 1.807) is 42.9 Å². The van der Waals surface area contributed by atoms with Gasteiger partial charge in [0.15, 0.2) is 0 Å². The van der Waals surface area contributed by atoms with Crippen molar-refractivity contribution in [3.05, 3.63) is 72.2 Å². The fraction of sp³-hybridized carbons (Fsp3) is 0.208. The number of benzene rings is 2. The summed E-state index contributed by atoms with van der Waals surface area (Å²) in [5, 5.41) is 14.4. The molecule has 0 spiro atoms. The van der Waals surface area contributed by atoms with Crippen molar-refractivity contribution in [2.75, 3.05) is 18.4 Å². The molecule has 0 amide bonds. The number of anilines is 2. The average molecular weight is 512 g/mol. The topological polar surface area (TPSA) is 125 Å². The average Bonchev–Trinajstić information content (AvgIpc) is 3.34. The summed E-state index contributed by atoms with van der Waals surface area (Å²) in [6, 6.07) is 12.5. The molecular formula is C24H26ClN7O2S. The lowest BCUT2D eigenvalue weighted by Crippen LogP contribution is -2.42. The molecule has 1 aliphatic heterocycles. The van der Waals surface area contributed by atoms with Crippen LogP contribution in [0.2, 0.25) is 0 Å². The molecule has 0 atom stereocenters. The van der Waals surface area contributed by atoms with E-state index in [0.717, 1.165) is 48.0 Å². The zero-order chi connectivity index (χ0) is 23.4. The highest BCUT2D eigenvalue weighted by Crippen LogP contribution is 2.20. The number of nitrogens with one attached hydrogen (secondary N) is 4. The molecule has 1 aliphatic rings. The molecule has 2 aromatic heterocycles. The molecule has 4 aromatic rings. The number of piperidine rings is 1. The van der Waals surface area contributed by atoms with E-state index in [4.69, 9.17) is 0 Å². The minimum absolute atomic E-state index is 0. The van der Waals surface area contributed by atoms with Gasteiger partial charge in [-0.2, -0.15) is 5.10 Å². The van der Waals surface area contributed by atoms with Crippen LogP contribution < -0.4 is 15.4 Å². The van der Waals surface area contributed by atoms with Gasteiger partial charge in [0.1, 0.15) is 0 Å². The summed E-state index contributed by atoms with van der Waals surface area (Å²) >= 11 is 0. The summed E-state index contributed by atoms with van der Waals surface area (Å²) in [4.78, 5) is 8.96. The van der Waals surface area contributed by atoms with E-state index in [0.29, 0.717) is 11.6 Å². The molecule has 11 heteroatoms. The number of halogens is 1. The maximum absolute atomic E-state index is 12.6. The second-order valence-corrected chi connectivity index (χ2v) is 9.86. The van der Waals surface area contributed by atoms with Crippen molar-refractivity contribution in [3.8, 4) is 0 Å². The summed E-state index contributed by atoms with van der Waals surface area (Å²) in [5.41, 5.74) is 3.60. The summed E-state index contributed by atoms with van der Waals surface area (Å²) in [6.07, 6.45) is 10.8. The predicted molar refractivity (Wildman–Crippen MR) is 140 cm³/mol. The maximum Gasteiger partial charge on any atom is 0.240 e. The Morgan fingerprint density at radius 1 is 0.943 bits per heavy atom. The van der Waals surface area contributed by atoms with Gasteiger partial charge in [0, 0.05) is 35.1 Å². The molecule has 2 aromatic carbocycles. The Kier molecular flexibility index (Phi) is 7.76. The Morgan fingerprint density at radius 3 is 2.43 bits per heavy atom. The first-order chi connectivity index (χ1) is 16.6. The van der Waals surface area contributed by atoms with Crippen LogP contribution in [0, 0.1) is 0 Å². The van der Waals surface area contributed by atoms with E-state index < -0.39 is 10.0 Å². The first kappa shape index (κ1) is 24.8. The largest absolute Gasteiger partial charge is 0.324 e. The minimum Gasteiger partial charge on any atom is -0.324 e. The van der Waals surface area contributed by atoms with Gasteiger partial charge in [0.2, 0.25) is 16.0 Å². The van der Waals surface area contributed by atoms with E-state index in [2.05, 4.69) is 35.5 Å². The SMILES string of the molecule is Cl.O=S(=O)(NC1CCNCC1)c1ccc(Nc2ncc(/C=C/c3cccc4[nH]ncc34)cn2)cc1. The third-order valence-corrected chi connectivity index (χ3v) is 7.26. The van der Waals surface area contributed by atoms with Crippen LogP contribution in [0.25, 0.3) is 23.1 Å². The third kappa shape index (κ3) is 6.04. The zero-order valence-corrected chi connectivity index (χ0v) is 20.4. The van der Waals surface area contributed by atoms with Crippen LogP contribution in [0.1, 0.15) is 24.0 Å². The number of aromatic nitrogens is 4. The van der Waals surface area contributed by atoms with Crippen LogP contribution in [0.3, 0.4) is 0 Å². The first-order valence-corrected chi connectivity index (χ1v) is 12.6. The van der Waals surface area contributed by atoms with Gasteiger partial charge in [0.05, 0.1) is 16.6 Å². The second-order valence-electron chi connectivity index (χ2n) is 8.15. The number of nitrogens with zero attached hydrogens (tertiary/aromatic N) is 3. The number of sulfonamides is 1. The molecule has 9 nitrogen and oxygen atoms in total. The van der Waals surface area contributed by atoms with Gasteiger partial charge < -0.3 is 10.6 Å². The van der Waals surface area contributed by atoms with Gasteiger partial charge in [-0.1, -0.05) is 24.3 Å². The molecule has 0 radical (unpaired) electrons. The van der Waals surface area contributed by atoms with Crippen LogP contribution in [0.5, 0.6) is 0 Å². The number of rotatable bonds is 7. The molecule has 0 bridgehead atoms. The lowest BCUT2D eigenvalue weighted by atomic mass is 10.1. The van der Waals surface area contributed by atoms with E-state index in [9.17, 15) is 8.42 Å². The van der Waals surface area contributed by atoms with Crippen molar-refractivity contribution in [2.45, 2.75) is 23.8 Å². The maximum atomic E-state index is 12.6. The summed E-state index contributed by atoms with van der Waals surface area (Å²) in [6.45, 7) is 1.65. The fourth-order valence-electron chi connectivity index (χ4n) is 3.88. The number of hydrogen-bond acceptors (Lipinski definition) is 7. The van der Waals surface area contributed by atoms with Crippen molar-refractivity contribution in [2.24, 2.45) is 0 Å². The molecule has 182 valence electrons. The van der Waals surface area contributed by atoms with Gasteiger partial charge in [-0.15, -0.1) is 12.4 Å². The summed E-state index contributed by atoms with van der Waals surface area (Å²) in [7, 11) is -3.54. The molecule has 3 heterocycles. The van der Waals surface area contributed by atoms with Crippen molar-refractivity contribution < 1.29 is 8.42 Å². The van der Waals surface area contributed by atoms with E-state index in [1.807, 2.05) is 30.4 Å². The lowest BCUT2D eigenvalue weighted by Gasteiger charge is -2.23. The predicted octanol–water partition coefficient (Wildman–Crippen LogP) is 3.72. The Labute approximate surface area is 209 Å². The summed E-state index contributed by atoms with van der Waals surface area (Å²) < 4.78 is 28.1. The van der Waals surface area contributed by atoms with Crippen molar-refractivity contribution in [3.63, 3.8) is 0 Å². The van der Waals surface area contributed by atoms with E-state index in [1.165, 1.54) is 0 Å². The highest BCUT2D eigenvalue weighted by molar-refractivity contribution is 7.89. The number of aromatic amines is 1. The van der Waals surface area contributed by atoms with Gasteiger partial charge in [-0.25, -0.2) is 23.1 Å². The number of fused-ring (bicyclic) bond motifs is 1. The smallest absolute Gasteiger partial charge is 0.240 e. The normalized spacial score (nSPS) is 14.7. The van der Waals surface area contributed by atoms with E-state index in [-0.39, 0.29) is 23.3 Å². The second kappa shape index (κ2) is 11.0. The molecule has 0 saturated carbocycles. The highest BCUT2D eigenvalue weighted by Gasteiger charge is 2.21. The minimum atomic E-state index is -3.54. The third-order valence-electron chi connectivity index (χ3n) is 5.73. The molecule has 1 fully saturated rings. The van der Waals surface area contributed by atoms with Gasteiger partial charge >= 0.3 is 0 Å². The van der Waals surface area contributed by atoms with Crippen molar-refractivity contribution in [1.82, 2.24) is 30.2 Å². The Bertz CT molecular complexity index is 1400. The molecule has 0 unspecified atom stereocenters. The Morgan fingerprint density at radius 2 is 1.69 bits per heavy atom. The number of hydrogen-bond donors (Lipinski definition) is 4. The van der Waals surface area contributed by atoms with E-state index >= 15 is 0 Å². The van der Waals surface area contributed by atoms with Crippen LogP contribution in [0.15, 0.2) is 66.0 Å². The highest BCUT2D eigenvalue weighted by atomic mass is 35.5. The molecule has 5 rings (SSSR count). The van der Waals surface area contributed by atoms with Crippen LogP contribution in [-0.2, 0) is 10.0 Å². The molecule has 35 heavy (non-hydrogen) atoms. The molecule has 1 saturated heterocycles. The summed E-state index contributed by atoms with van der Waals surface area (Å²) in [5.74, 6) is 0.428. The van der Waals surface area contributed by atoms with Gasteiger partial charge in [-0.05, 0) is 61.8 Å². The molecular weight excluding hydrogens is 486 g/mol. The number of H-pyrrole nitrogens is 1. The lowest BCUT2D eigenvalue weighted by molar-refractivity contribution is 0.427. The standard InChI is InChI=1S/C24H25N7O2S.ClH/c32-34(33,31-20-10-12-25-13-11-20)21-8-6-19(7-9-21)29-24-26-14-17(15-27-24)4-5-18-2-1-3-23-22(18)16-28-30-23;/h1-9,14-16,20,25,31H,10-13H2,(H,28,30)(H,26,27,29);1H/b5-4+;. The van der Waals surface area contributed by atoms with Gasteiger partial charge in [-0.3, -0.25) is 5.10 Å². The van der Waals surface area contributed by atoms with Crippen molar-refractivity contribution in [1.29, 1.82) is 0 Å². The molecule has 0 aliphatic carbocycles. The fourth-order valence-corrected chi connectivity index (χ4v) is 5.19. The Hall–Kier alpha value is -3.31. The molecule has 4 N–H and O–H groups in total.